The molecule has 104 valence electrons. The van der Waals surface area contributed by atoms with Crippen molar-refractivity contribution in [1.82, 2.24) is 4.90 Å². The number of rotatable bonds is 3. The van der Waals surface area contributed by atoms with Gasteiger partial charge in [-0.05, 0) is 6.07 Å². The van der Waals surface area contributed by atoms with E-state index in [0.29, 0.717) is 12.6 Å². The minimum Gasteiger partial charge on any atom is -0.479 e. The zero-order valence-corrected chi connectivity index (χ0v) is 9.91. The third kappa shape index (κ3) is 3.24. The zero-order chi connectivity index (χ0) is 14.0. The smallest absolute Gasteiger partial charge is 0.334 e. The molecule has 1 N–H and O–H groups in total. The maximum absolute atomic E-state index is 13.5. The average molecular weight is 275 g/mol. The summed E-state index contributed by atoms with van der Waals surface area (Å²) in [6, 6.07) is 1.27. The molecule has 1 saturated heterocycles. The third-order valence-electron chi connectivity index (χ3n) is 2.91. The van der Waals surface area contributed by atoms with Gasteiger partial charge in [0.25, 0.3) is 0 Å². The highest BCUT2D eigenvalue weighted by atomic mass is 19.2. The summed E-state index contributed by atoms with van der Waals surface area (Å²) in [6.07, 6.45) is -0.984. The molecule has 0 amide bonds. The van der Waals surface area contributed by atoms with Gasteiger partial charge in [-0.25, -0.2) is 18.0 Å². The van der Waals surface area contributed by atoms with Crippen LogP contribution in [0, 0.1) is 17.5 Å². The van der Waals surface area contributed by atoms with Gasteiger partial charge in [-0.3, -0.25) is 4.90 Å². The van der Waals surface area contributed by atoms with Crippen molar-refractivity contribution in [2.45, 2.75) is 12.6 Å². The fourth-order valence-electron chi connectivity index (χ4n) is 1.92. The van der Waals surface area contributed by atoms with Crippen LogP contribution in [0.4, 0.5) is 13.2 Å². The summed E-state index contributed by atoms with van der Waals surface area (Å²) in [4.78, 5) is 12.4. The number of hydrogen-bond donors (Lipinski definition) is 1. The lowest BCUT2D eigenvalue weighted by Gasteiger charge is -2.30. The summed E-state index contributed by atoms with van der Waals surface area (Å²) < 4.78 is 44.3. The Bertz CT molecular complexity index is 495. The van der Waals surface area contributed by atoms with Crippen LogP contribution in [-0.4, -0.2) is 41.8 Å². The maximum atomic E-state index is 13.5. The second-order valence-corrected chi connectivity index (χ2v) is 4.29. The quantitative estimate of drug-likeness (QED) is 0.847. The number of carboxylic acid groups (broad SMARTS) is 1. The minimum atomic E-state index is -1.24. The highest BCUT2D eigenvalue weighted by Gasteiger charge is 2.26. The van der Waals surface area contributed by atoms with E-state index >= 15 is 0 Å². The number of morpholine rings is 1. The Morgan fingerprint density at radius 3 is 2.68 bits per heavy atom. The number of halogens is 3. The van der Waals surface area contributed by atoms with E-state index in [0.717, 1.165) is 6.07 Å². The Morgan fingerprint density at radius 1 is 1.32 bits per heavy atom. The number of aliphatic carboxylic acids is 1. The molecule has 7 heteroatoms. The first kappa shape index (κ1) is 13.8. The molecule has 1 fully saturated rings. The molecule has 1 aromatic carbocycles. The Hall–Kier alpha value is -1.60. The first-order valence-electron chi connectivity index (χ1n) is 5.67. The summed E-state index contributed by atoms with van der Waals surface area (Å²) >= 11 is 0. The molecular weight excluding hydrogens is 263 g/mol. The molecule has 0 radical (unpaired) electrons. The highest BCUT2D eigenvalue weighted by molar-refractivity contribution is 5.72. The second-order valence-electron chi connectivity index (χ2n) is 4.29. The van der Waals surface area contributed by atoms with Crippen molar-refractivity contribution in [3.8, 4) is 0 Å². The lowest BCUT2D eigenvalue weighted by atomic mass is 10.1. The van der Waals surface area contributed by atoms with Crippen molar-refractivity contribution < 1.29 is 27.8 Å². The van der Waals surface area contributed by atoms with E-state index in [1.54, 1.807) is 4.90 Å². The molecule has 0 aromatic heterocycles. The van der Waals surface area contributed by atoms with E-state index in [9.17, 15) is 18.0 Å². The lowest BCUT2D eigenvalue weighted by molar-refractivity contribution is -0.156. The monoisotopic (exact) mass is 275 g/mol. The van der Waals surface area contributed by atoms with Gasteiger partial charge in [-0.1, -0.05) is 0 Å². The number of hydrogen-bond acceptors (Lipinski definition) is 3. The van der Waals surface area contributed by atoms with Crippen molar-refractivity contribution in [3.63, 3.8) is 0 Å². The molecule has 1 aliphatic heterocycles. The standard InChI is InChI=1S/C12H12F3NO3/c13-8-4-10(15)9(14)3-7(8)5-16-1-2-19-11(6-16)12(17)18/h3-4,11H,1-2,5-6H2,(H,17,18). The van der Waals surface area contributed by atoms with Gasteiger partial charge in [0, 0.05) is 31.3 Å². The molecule has 0 aliphatic carbocycles. The zero-order valence-electron chi connectivity index (χ0n) is 9.91. The summed E-state index contributed by atoms with van der Waals surface area (Å²) in [6.45, 7) is 0.689. The fraction of sp³-hybridized carbons (Fsp3) is 0.417. The largest absolute Gasteiger partial charge is 0.479 e. The molecular formula is C12H12F3NO3. The van der Waals surface area contributed by atoms with Gasteiger partial charge in [0.05, 0.1) is 6.61 Å². The second kappa shape index (κ2) is 5.58. The molecule has 1 unspecified atom stereocenters. The SMILES string of the molecule is O=C(O)C1CN(Cc2cc(F)c(F)cc2F)CCO1. The van der Waals surface area contributed by atoms with E-state index in [2.05, 4.69) is 0 Å². The predicted molar refractivity (Wildman–Crippen MR) is 59.0 cm³/mol. The first-order valence-corrected chi connectivity index (χ1v) is 5.67. The number of benzene rings is 1. The van der Waals surface area contributed by atoms with Gasteiger partial charge in [0.2, 0.25) is 0 Å². The van der Waals surface area contributed by atoms with E-state index in [1.165, 1.54) is 0 Å². The van der Waals surface area contributed by atoms with Crippen molar-refractivity contribution in [3.05, 3.63) is 35.1 Å². The van der Waals surface area contributed by atoms with Crippen LogP contribution in [0.5, 0.6) is 0 Å². The number of carboxylic acids is 1. The van der Waals surface area contributed by atoms with Crippen molar-refractivity contribution in [1.29, 1.82) is 0 Å². The molecule has 1 aromatic rings. The van der Waals surface area contributed by atoms with Crippen LogP contribution in [0.15, 0.2) is 12.1 Å². The van der Waals surface area contributed by atoms with Crippen molar-refractivity contribution >= 4 is 5.97 Å². The van der Waals surface area contributed by atoms with Gasteiger partial charge < -0.3 is 9.84 Å². The van der Waals surface area contributed by atoms with Gasteiger partial charge in [-0.2, -0.15) is 0 Å². The summed E-state index contributed by atoms with van der Waals surface area (Å²) in [5, 5.41) is 8.82. The van der Waals surface area contributed by atoms with E-state index in [4.69, 9.17) is 9.84 Å². The van der Waals surface area contributed by atoms with Crippen LogP contribution >= 0.6 is 0 Å². The molecule has 1 aliphatic rings. The predicted octanol–water partition coefficient (Wildman–Crippen LogP) is 1.39. The number of carbonyl (C=O) groups is 1. The molecule has 2 rings (SSSR count). The van der Waals surface area contributed by atoms with Crippen LogP contribution in [0.2, 0.25) is 0 Å². The minimum absolute atomic E-state index is 0.00932. The van der Waals surface area contributed by atoms with E-state index < -0.39 is 29.5 Å². The molecule has 19 heavy (non-hydrogen) atoms. The van der Waals surface area contributed by atoms with Gasteiger partial charge in [0.15, 0.2) is 17.7 Å². The Balaban J connectivity index is 2.08. The molecule has 1 atom stereocenters. The normalized spacial score (nSPS) is 20.5. The van der Waals surface area contributed by atoms with Crippen LogP contribution in [0.25, 0.3) is 0 Å². The van der Waals surface area contributed by atoms with E-state index in [1.807, 2.05) is 0 Å². The molecule has 0 saturated carbocycles. The van der Waals surface area contributed by atoms with E-state index in [-0.39, 0.29) is 25.3 Å². The van der Waals surface area contributed by atoms with Crippen LogP contribution < -0.4 is 0 Å². The Morgan fingerprint density at radius 2 is 2.00 bits per heavy atom. The topological polar surface area (TPSA) is 49.8 Å². The van der Waals surface area contributed by atoms with Gasteiger partial charge >= 0.3 is 5.97 Å². The third-order valence-corrected chi connectivity index (χ3v) is 2.91. The number of nitrogens with zero attached hydrogens (tertiary/aromatic N) is 1. The Labute approximate surface area is 107 Å². The summed E-state index contributed by atoms with van der Waals surface area (Å²) in [5.74, 6) is -4.32. The summed E-state index contributed by atoms with van der Waals surface area (Å²) in [7, 11) is 0. The van der Waals surface area contributed by atoms with Crippen LogP contribution in [0.1, 0.15) is 5.56 Å². The first-order chi connectivity index (χ1) is 8.97. The number of ether oxygens (including phenoxy) is 1. The average Bonchev–Trinajstić information content (AvgIpc) is 2.36. The lowest BCUT2D eigenvalue weighted by Crippen LogP contribution is -2.45. The molecule has 1 heterocycles. The highest BCUT2D eigenvalue weighted by Crippen LogP contribution is 2.17. The molecule has 0 spiro atoms. The maximum Gasteiger partial charge on any atom is 0.334 e. The van der Waals surface area contributed by atoms with Gasteiger partial charge in [0.1, 0.15) is 5.82 Å². The van der Waals surface area contributed by atoms with Gasteiger partial charge in [-0.15, -0.1) is 0 Å². The van der Waals surface area contributed by atoms with Crippen molar-refractivity contribution in [2.24, 2.45) is 0 Å². The summed E-state index contributed by atoms with van der Waals surface area (Å²) in [5.41, 5.74) is -0.00932. The van der Waals surface area contributed by atoms with Crippen molar-refractivity contribution in [2.75, 3.05) is 19.7 Å². The fourth-order valence-corrected chi connectivity index (χ4v) is 1.92. The van der Waals surface area contributed by atoms with Crippen LogP contribution in [0.3, 0.4) is 0 Å². The molecule has 4 nitrogen and oxygen atoms in total. The van der Waals surface area contributed by atoms with Crippen LogP contribution in [-0.2, 0) is 16.1 Å². The molecule has 0 bridgehead atoms. The Kier molecular flexibility index (Phi) is 4.06.